The van der Waals surface area contributed by atoms with E-state index in [1.807, 2.05) is 18.7 Å². The Hall–Kier alpha value is -3.47. The Kier molecular flexibility index (Phi) is 7.13. The Labute approximate surface area is 217 Å². The number of nitrogens with zero attached hydrogens (tertiary/aromatic N) is 4. The molecule has 5 rings (SSSR count). The second-order valence-corrected chi connectivity index (χ2v) is 9.69. The Balaban J connectivity index is 1.50. The molecule has 0 aliphatic carbocycles. The quantitative estimate of drug-likeness (QED) is 0.464. The highest BCUT2D eigenvalue weighted by Gasteiger charge is 2.39. The van der Waals surface area contributed by atoms with Crippen molar-refractivity contribution in [2.24, 2.45) is 0 Å². The van der Waals surface area contributed by atoms with Crippen molar-refractivity contribution in [1.29, 1.82) is 0 Å². The summed E-state index contributed by atoms with van der Waals surface area (Å²) in [6.07, 6.45) is -3.69. The number of fused-ring (bicyclic) bond motifs is 1. The van der Waals surface area contributed by atoms with Gasteiger partial charge < -0.3 is 19.9 Å². The van der Waals surface area contributed by atoms with E-state index < -0.39 is 17.6 Å². The third kappa shape index (κ3) is 5.24. The van der Waals surface area contributed by atoms with Crippen LogP contribution in [0.3, 0.4) is 0 Å². The fourth-order valence-corrected chi connectivity index (χ4v) is 4.93. The number of rotatable bonds is 5. The Morgan fingerprint density at radius 2 is 1.76 bits per heavy atom. The zero-order valence-electron chi connectivity index (χ0n) is 21.1. The molecule has 0 radical (unpaired) electrons. The molecule has 0 atom stereocenters. The van der Waals surface area contributed by atoms with Gasteiger partial charge in [-0.05, 0) is 43.7 Å². The molecule has 0 saturated carbocycles. The van der Waals surface area contributed by atoms with Gasteiger partial charge in [-0.2, -0.15) is 13.2 Å². The van der Waals surface area contributed by atoms with Gasteiger partial charge in [-0.1, -0.05) is 6.07 Å². The van der Waals surface area contributed by atoms with Gasteiger partial charge in [-0.3, -0.25) is 0 Å². The van der Waals surface area contributed by atoms with E-state index in [2.05, 4.69) is 15.3 Å². The number of anilines is 2. The number of hydrogen-bond donors (Lipinski definition) is 1. The smallest absolute Gasteiger partial charge is 0.420 e. The van der Waals surface area contributed by atoms with Crippen molar-refractivity contribution in [2.45, 2.75) is 32.5 Å². The summed E-state index contributed by atoms with van der Waals surface area (Å²) in [5.41, 5.74) is 0.0344. The summed E-state index contributed by atoms with van der Waals surface area (Å²) in [6.45, 7) is 7.18. The van der Waals surface area contributed by atoms with Crippen LogP contribution in [0.5, 0.6) is 5.75 Å². The normalized spacial score (nSPS) is 16.0. The predicted molar refractivity (Wildman–Crippen MR) is 135 cm³/mol. The number of nitrogens with one attached hydrogen (secondary N) is 1. The van der Waals surface area contributed by atoms with E-state index in [-0.39, 0.29) is 53.4 Å². The molecule has 0 spiro atoms. The summed E-state index contributed by atoms with van der Waals surface area (Å²) in [5.74, 6) is -1.34. The molecule has 1 N–H and O–H groups in total. The highest BCUT2D eigenvalue weighted by molar-refractivity contribution is 5.75. The van der Waals surface area contributed by atoms with Crippen LogP contribution in [-0.2, 0) is 12.6 Å². The van der Waals surface area contributed by atoms with Crippen LogP contribution >= 0.6 is 0 Å². The summed E-state index contributed by atoms with van der Waals surface area (Å²) >= 11 is 0. The van der Waals surface area contributed by atoms with Gasteiger partial charge in [0.1, 0.15) is 29.5 Å². The predicted octanol–water partition coefficient (Wildman–Crippen LogP) is 5.05. The van der Waals surface area contributed by atoms with Crippen molar-refractivity contribution in [3.05, 3.63) is 65.1 Å². The van der Waals surface area contributed by atoms with E-state index in [0.29, 0.717) is 30.9 Å². The molecule has 1 fully saturated rings. The molecule has 0 unspecified atom stereocenters. The lowest BCUT2D eigenvalue weighted by molar-refractivity contribution is -0.139. The Bertz CT molecular complexity index is 1320. The van der Waals surface area contributed by atoms with E-state index in [1.54, 1.807) is 17.0 Å². The summed E-state index contributed by atoms with van der Waals surface area (Å²) in [6, 6.07) is 7.08. The molecule has 38 heavy (non-hydrogen) atoms. The number of benzene rings is 2. The van der Waals surface area contributed by atoms with Crippen LogP contribution < -0.4 is 19.9 Å². The van der Waals surface area contributed by atoms with Crippen LogP contribution in [0.4, 0.5) is 33.3 Å². The molecule has 0 bridgehead atoms. The van der Waals surface area contributed by atoms with Gasteiger partial charge in [0.2, 0.25) is 0 Å². The number of piperazine rings is 1. The van der Waals surface area contributed by atoms with Gasteiger partial charge in [0.05, 0.1) is 24.1 Å². The lowest BCUT2D eigenvalue weighted by atomic mass is 10.0. The van der Waals surface area contributed by atoms with Crippen LogP contribution in [0, 0.1) is 11.6 Å². The minimum Gasteiger partial charge on any atom is -0.489 e. The standard InChI is InChI=1S/C27H28F5N5O/c1-16(2)37-9-10-38-26-19(27(30,31)32)13-18(14-23(26)37)25-21(29)15-34-24(35-25)12-17-3-4-22(20(28)11-17)36-7-5-33-6-8-36/h3-4,11,13-16,33H,5-10,12H2,1-2H3. The lowest BCUT2D eigenvalue weighted by Crippen LogP contribution is -2.43. The number of halogens is 5. The molecule has 2 aliphatic heterocycles. The minimum atomic E-state index is -4.71. The first-order valence-corrected chi connectivity index (χ1v) is 12.5. The zero-order valence-corrected chi connectivity index (χ0v) is 21.1. The largest absolute Gasteiger partial charge is 0.489 e. The first-order chi connectivity index (χ1) is 18.1. The molecule has 202 valence electrons. The van der Waals surface area contributed by atoms with E-state index in [4.69, 9.17) is 4.74 Å². The van der Waals surface area contributed by atoms with E-state index >= 15 is 0 Å². The molecular weight excluding hydrogens is 505 g/mol. The van der Waals surface area contributed by atoms with E-state index in [1.165, 1.54) is 12.1 Å². The fraction of sp³-hybridized carbons (Fsp3) is 0.407. The SMILES string of the molecule is CC(C)N1CCOc2c1cc(-c1nc(Cc3ccc(N4CCNCC4)c(F)c3)ncc1F)cc2C(F)(F)F. The van der Waals surface area contributed by atoms with Gasteiger partial charge in [0.15, 0.2) is 11.6 Å². The molecule has 2 aliphatic rings. The Morgan fingerprint density at radius 1 is 1.00 bits per heavy atom. The van der Waals surface area contributed by atoms with Crippen molar-refractivity contribution in [3.8, 4) is 17.0 Å². The van der Waals surface area contributed by atoms with E-state index in [9.17, 15) is 22.0 Å². The number of aromatic nitrogens is 2. The third-order valence-electron chi connectivity index (χ3n) is 6.79. The molecule has 11 heteroatoms. The topological polar surface area (TPSA) is 53.5 Å². The van der Waals surface area contributed by atoms with Gasteiger partial charge in [0, 0.05) is 44.2 Å². The molecular formula is C27H28F5N5O. The van der Waals surface area contributed by atoms with Crippen LogP contribution in [-0.4, -0.2) is 55.3 Å². The number of hydrogen-bond acceptors (Lipinski definition) is 6. The first kappa shape index (κ1) is 26.1. The summed E-state index contributed by atoms with van der Waals surface area (Å²) in [4.78, 5) is 12.0. The monoisotopic (exact) mass is 533 g/mol. The molecule has 0 amide bonds. The van der Waals surface area contributed by atoms with Gasteiger partial charge in [-0.25, -0.2) is 18.7 Å². The van der Waals surface area contributed by atoms with Crippen molar-refractivity contribution < 1.29 is 26.7 Å². The minimum absolute atomic E-state index is 0.0337. The molecule has 3 heterocycles. The maximum absolute atomic E-state index is 14.9. The maximum atomic E-state index is 14.9. The lowest BCUT2D eigenvalue weighted by Gasteiger charge is -2.36. The average molecular weight is 534 g/mol. The number of alkyl halides is 3. The van der Waals surface area contributed by atoms with Crippen molar-refractivity contribution in [2.75, 3.05) is 49.1 Å². The van der Waals surface area contributed by atoms with Crippen LogP contribution in [0.2, 0.25) is 0 Å². The summed E-state index contributed by atoms with van der Waals surface area (Å²) in [5, 5.41) is 3.22. The highest BCUT2D eigenvalue weighted by atomic mass is 19.4. The maximum Gasteiger partial charge on any atom is 0.420 e. The van der Waals surface area contributed by atoms with Gasteiger partial charge >= 0.3 is 6.18 Å². The molecule has 1 saturated heterocycles. The molecule has 3 aromatic rings. The average Bonchev–Trinajstić information content (AvgIpc) is 2.88. The highest BCUT2D eigenvalue weighted by Crippen LogP contribution is 2.46. The second kappa shape index (κ2) is 10.4. The van der Waals surface area contributed by atoms with Gasteiger partial charge in [-0.15, -0.1) is 0 Å². The van der Waals surface area contributed by atoms with Crippen molar-refractivity contribution in [1.82, 2.24) is 15.3 Å². The summed E-state index contributed by atoms with van der Waals surface area (Å²) < 4.78 is 77.2. The van der Waals surface area contributed by atoms with Crippen molar-refractivity contribution >= 4 is 11.4 Å². The molecule has 2 aromatic carbocycles. The first-order valence-electron chi connectivity index (χ1n) is 12.5. The number of ether oxygens (including phenoxy) is 1. The second-order valence-electron chi connectivity index (χ2n) is 9.69. The van der Waals surface area contributed by atoms with E-state index in [0.717, 1.165) is 25.4 Å². The molecule has 1 aromatic heterocycles. The van der Waals surface area contributed by atoms with Crippen LogP contribution in [0.1, 0.15) is 30.8 Å². The van der Waals surface area contributed by atoms with Crippen molar-refractivity contribution in [3.63, 3.8) is 0 Å². The van der Waals surface area contributed by atoms with Crippen LogP contribution in [0.15, 0.2) is 36.5 Å². The van der Waals surface area contributed by atoms with Gasteiger partial charge in [0.25, 0.3) is 0 Å². The third-order valence-corrected chi connectivity index (χ3v) is 6.79. The fourth-order valence-electron chi connectivity index (χ4n) is 4.93. The zero-order chi connectivity index (χ0) is 27.0. The van der Waals surface area contributed by atoms with Crippen LogP contribution in [0.25, 0.3) is 11.3 Å². The Morgan fingerprint density at radius 3 is 2.45 bits per heavy atom. The molecule has 6 nitrogen and oxygen atoms in total. The summed E-state index contributed by atoms with van der Waals surface area (Å²) in [7, 11) is 0.